The van der Waals surface area contributed by atoms with Crippen molar-refractivity contribution >= 4 is 5.71 Å². The molecule has 1 N–H and O–H groups in total. The van der Waals surface area contributed by atoms with Crippen molar-refractivity contribution in [2.75, 3.05) is 0 Å². The molecule has 1 aromatic heterocycles. The molecule has 3 heteroatoms. The first-order valence-corrected chi connectivity index (χ1v) is 10.6. The zero-order valence-corrected chi connectivity index (χ0v) is 16.6. The molecule has 4 aliphatic carbocycles. The minimum atomic E-state index is -0.766. The molecule has 4 atom stereocenters. The molecular weight excluding hydrogens is 320 g/mol. The Kier molecular flexibility index (Phi) is 4.71. The van der Waals surface area contributed by atoms with Crippen molar-refractivity contribution in [3.63, 3.8) is 0 Å². The second kappa shape index (κ2) is 6.74. The van der Waals surface area contributed by atoms with E-state index >= 15 is 0 Å². The Labute approximate surface area is 158 Å². The summed E-state index contributed by atoms with van der Waals surface area (Å²) >= 11 is 0. The van der Waals surface area contributed by atoms with Crippen molar-refractivity contribution < 1.29 is 5.11 Å². The lowest BCUT2D eigenvalue weighted by Crippen LogP contribution is -2.64. The third-order valence-electron chi connectivity index (χ3n) is 7.80. The molecule has 0 saturated heterocycles. The van der Waals surface area contributed by atoms with Crippen LogP contribution < -0.4 is 0 Å². The summed E-state index contributed by atoms with van der Waals surface area (Å²) < 4.78 is 0. The van der Waals surface area contributed by atoms with Crippen LogP contribution in [0.25, 0.3) is 0 Å². The van der Waals surface area contributed by atoms with Gasteiger partial charge in [-0.3, -0.25) is 9.98 Å². The van der Waals surface area contributed by atoms with Crippen LogP contribution >= 0.6 is 0 Å². The smallest absolute Gasteiger partial charge is 0.103 e. The van der Waals surface area contributed by atoms with Gasteiger partial charge in [0.15, 0.2) is 0 Å². The molecule has 4 saturated carbocycles. The lowest BCUT2D eigenvalue weighted by atomic mass is 9.44. The summed E-state index contributed by atoms with van der Waals surface area (Å²) in [6.45, 7) is 6.63. The van der Waals surface area contributed by atoms with Gasteiger partial charge in [0.05, 0.1) is 11.7 Å². The van der Waals surface area contributed by atoms with E-state index in [0.717, 1.165) is 36.6 Å². The molecule has 0 radical (unpaired) electrons. The number of hydrogen-bond donors (Lipinski definition) is 1. The number of pyridine rings is 1. The Morgan fingerprint density at radius 1 is 1.19 bits per heavy atom. The Balaban J connectivity index is 1.61. The number of rotatable bonds is 4. The molecule has 1 heterocycles. The second-order valence-corrected chi connectivity index (χ2v) is 9.74. The molecule has 0 amide bonds. The number of fused-ring (bicyclic) bond motifs is 2. The predicted molar refractivity (Wildman–Crippen MR) is 106 cm³/mol. The first-order chi connectivity index (χ1) is 12.4. The first kappa shape index (κ1) is 18.2. The largest absolute Gasteiger partial charge is 0.384 e. The highest BCUT2D eigenvalue weighted by Crippen LogP contribution is 2.62. The fourth-order valence-corrected chi connectivity index (χ4v) is 5.88. The highest BCUT2D eigenvalue weighted by Gasteiger charge is 2.61. The second-order valence-electron chi connectivity index (χ2n) is 9.74. The average Bonchev–Trinajstić information content (AvgIpc) is 2.63. The number of aromatic nitrogens is 1. The molecule has 26 heavy (non-hydrogen) atoms. The monoisotopic (exact) mass is 354 g/mol. The molecular formula is C23H34N2O. The molecule has 4 aliphatic rings. The van der Waals surface area contributed by atoms with Crippen LogP contribution in [-0.4, -0.2) is 21.4 Å². The van der Waals surface area contributed by atoms with Gasteiger partial charge in [-0.1, -0.05) is 52.0 Å². The van der Waals surface area contributed by atoms with Gasteiger partial charge >= 0.3 is 0 Å². The molecule has 5 rings (SSSR count). The fraction of sp³-hybridized carbons (Fsp3) is 0.739. The van der Waals surface area contributed by atoms with E-state index in [4.69, 9.17) is 4.99 Å². The number of aliphatic imine (C=N–C) groups is 1. The third kappa shape index (κ3) is 3.13. The maximum Gasteiger partial charge on any atom is 0.103 e. The van der Waals surface area contributed by atoms with Gasteiger partial charge in [-0.15, -0.1) is 0 Å². The number of nitrogens with zero attached hydrogens (tertiary/aromatic N) is 2. The Morgan fingerprint density at radius 3 is 2.58 bits per heavy atom. The van der Waals surface area contributed by atoms with Gasteiger partial charge in [0.2, 0.25) is 0 Å². The standard InChI is InChI=1S/C23H34N2O/c1-22(2)17-14-20(22)23(3,26)21(15-17)25-19(18-11-7-8-12-24-18)13-16-9-5-4-6-10-16/h7-8,11-12,16-17,19-20,26H,4-6,9-10,13-15H2,1-3H3/t17-,19-,20-,23+/m0/s1. The van der Waals surface area contributed by atoms with Gasteiger partial charge < -0.3 is 5.11 Å². The molecule has 0 aliphatic heterocycles. The van der Waals surface area contributed by atoms with Gasteiger partial charge in [0, 0.05) is 11.9 Å². The summed E-state index contributed by atoms with van der Waals surface area (Å²) in [5.74, 6) is 1.76. The summed E-state index contributed by atoms with van der Waals surface area (Å²) in [6.07, 6.45) is 11.8. The molecule has 4 fully saturated rings. The lowest BCUT2D eigenvalue weighted by Gasteiger charge is -2.62. The van der Waals surface area contributed by atoms with Crippen LogP contribution in [0.15, 0.2) is 29.4 Å². The summed E-state index contributed by atoms with van der Waals surface area (Å²) in [7, 11) is 0. The van der Waals surface area contributed by atoms with Crippen molar-refractivity contribution in [2.24, 2.45) is 28.2 Å². The minimum Gasteiger partial charge on any atom is -0.384 e. The van der Waals surface area contributed by atoms with Crippen LogP contribution in [0.2, 0.25) is 0 Å². The van der Waals surface area contributed by atoms with E-state index in [0.29, 0.717) is 11.8 Å². The van der Waals surface area contributed by atoms with Gasteiger partial charge in [0.25, 0.3) is 0 Å². The van der Waals surface area contributed by atoms with E-state index in [1.54, 1.807) is 0 Å². The summed E-state index contributed by atoms with van der Waals surface area (Å²) in [4.78, 5) is 9.83. The lowest BCUT2D eigenvalue weighted by molar-refractivity contribution is -0.134. The zero-order chi connectivity index (χ0) is 18.4. The topological polar surface area (TPSA) is 45.5 Å². The molecule has 1 aromatic rings. The quantitative estimate of drug-likeness (QED) is 0.792. The molecule has 2 bridgehead atoms. The Morgan fingerprint density at radius 2 is 1.96 bits per heavy atom. The average molecular weight is 355 g/mol. The van der Waals surface area contributed by atoms with Crippen LogP contribution in [0.1, 0.15) is 83.9 Å². The summed E-state index contributed by atoms with van der Waals surface area (Å²) in [5, 5.41) is 11.3. The van der Waals surface area contributed by atoms with E-state index in [9.17, 15) is 5.11 Å². The van der Waals surface area contributed by atoms with E-state index in [-0.39, 0.29) is 11.5 Å². The van der Waals surface area contributed by atoms with Gasteiger partial charge in [-0.25, -0.2) is 0 Å². The minimum absolute atomic E-state index is 0.0985. The van der Waals surface area contributed by atoms with Crippen molar-refractivity contribution in [2.45, 2.75) is 83.8 Å². The zero-order valence-electron chi connectivity index (χ0n) is 16.6. The summed E-state index contributed by atoms with van der Waals surface area (Å²) in [5.41, 5.74) is 1.58. The molecule has 142 valence electrons. The first-order valence-electron chi connectivity index (χ1n) is 10.6. The molecule has 3 nitrogen and oxygen atoms in total. The van der Waals surface area contributed by atoms with Crippen LogP contribution in [0.5, 0.6) is 0 Å². The van der Waals surface area contributed by atoms with Crippen LogP contribution in [0, 0.1) is 23.2 Å². The Hall–Kier alpha value is -1.22. The molecule has 0 spiro atoms. The fourth-order valence-electron chi connectivity index (χ4n) is 5.88. The van der Waals surface area contributed by atoms with Crippen molar-refractivity contribution in [1.29, 1.82) is 0 Å². The SMILES string of the molecule is CC1(C)[C@@H]2CC(=N[C@@H](CC3CCCCC3)c3ccccn3)[C@](C)(O)[C@H]1C2. The van der Waals surface area contributed by atoms with Crippen LogP contribution in [0.4, 0.5) is 0 Å². The Bertz CT molecular complexity index is 658. The van der Waals surface area contributed by atoms with E-state index < -0.39 is 5.60 Å². The van der Waals surface area contributed by atoms with E-state index in [1.807, 2.05) is 19.2 Å². The van der Waals surface area contributed by atoms with Crippen molar-refractivity contribution in [1.82, 2.24) is 4.98 Å². The van der Waals surface area contributed by atoms with Crippen molar-refractivity contribution in [3.8, 4) is 0 Å². The van der Waals surface area contributed by atoms with E-state index in [2.05, 4.69) is 31.0 Å². The molecule has 0 aromatic carbocycles. The van der Waals surface area contributed by atoms with Crippen molar-refractivity contribution in [3.05, 3.63) is 30.1 Å². The van der Waals surface area contributed by atoms with Crippen LogP contribution in [-0.2, 0) is 0 Å². The van der Waals surface area contributed by atoms with E-state index in [1.165, 1.54) is 32.1 Å². The molecule has 0 unspecified atom stereocenters. The highest BCUT2D eigenvalue weighted by molar-refractivity contribution is 5.94. The van der Waals surface area contributed by atoms with Gasteiger partial charge in [-0.2, -0.15) is 0 Å². The number of hydrogen-bond acceptors (Lipinski definition) is 3. The number of aliphatic hydroxyl groups is 1. The van der Waals surface area contributed by atoms with Gasteiger partial charge in [0.1, 0.15) is 5.60 Å². The van der Waals surface area contributed by atoms with Gasteiger partial charge in [-0.05, 0) is 61.5 Å². The predicted octanol–water partition coefficient (Wildman–Crippen LogP) is 5.35. The third-order valence-corrected chi connectivity index (χ3v) is 7.80. The normalized spacial score (nSPS) is 36.5. The maximum atomic E-state index is 11.3. The summed E-state index contributed by atoms with van der Waals surface area (Å²) in [6, 6.07) is 6.25. The van der Waals surface area contributed by atoms with Crippen LogP contribution in [0.3, 0.4) is 0 Å². The highest BCUT2D eigenvalue weighted by atomic mass is 16.3. The maximum absolute atomic E-state index is 11.3.